The number of rotatable bonds is 6. The minimum atomic E-state index is -0.0940. The Morgan fingerprint density at radius 3 is 2.61 bits per heavy atom. The van der Waals surface area contributed by atoms with E-state index in [0.717, 1.165) is 30.9 Å². The number of nitrogens with one attached hydrogen (secondary N) is 2. The van der Waals surface area contributed by atoms with Gasteiger partial charge in [-0.15, -0.1) is 0 Å². The first-order chi connectivity index (χ1) is 11.1. The summed E-state index contributed by atoms with van der Waals surface area (Å²) in [6.45, 7) is 6.58. The number of carbonyl (C=O) groups is 2. The number of anilines is 1. The summed E-state index contributed by atoms with van der Waals surface area (Å²) in [5.74, 6) is -0.0395. The van der Waals surface area contributed by atoms with Gasteiger partial charge in [0.1, 0.15) is 0 Å². The molecular formula is C18H27N3O2. The number of likely N-dealkylation sites (N-methyl/N-ethyl adjacent to an activating group) is 1. The zero-order valence-electron chi connectivity index (χ0n) is 14.1. The highest BCUT2D eigenvalue weighted by molar-refractivity contribution is 5.88. The molecule has 1 aliphatic heterocycles. The smallest absolute Gasteiger partial charge is 0.224 e. The Morgan fingerprint density at radius 2 is 1.96 bits per heavy atom. The average molecular weight is 317 g/mol. The van der Waals surface area contributed by atoms with Crippen LogP contribution in [0, 0.1) is 0 Å². The largest absolute Gasteiger partial charge is 0.354 e. The highest BCUT2D eigenvalue weighted by atomic mass is 16.2. The molecule has 5 heteroatoms. The Bertz CT molecular complexity index is 528. The minimum Gasteiger partial charge on any atom is -0.354 e. The van der Waals surface area contributed by atoms with Crippen LogP contribution in [0.15, 0.2) is 24.3 Å². The van der Waals surface area contributed by atoms with E-state index in [1.165, 1.54) is 26.2 Å². The fraction of sp³-hybridized carbons (Fsp3) is 0.556. The normalized spacial score (nSPS) is 18.4. The van der Waals surface area contributed by atoms with E-state index < -0.39 is 0 Å². The molecule has 0 saturated carbocycles. The third-order valence-corrected chi connectivity index (χ3v) is 4.33. The predicted octanol–water partition coefficient (Wildman–Crippen LogP) is 2.18. The number of piperidine rings is 1. The molecule has 2 amide bonds. The maximum absolute atomic E-state index is 12.1. The van der Waals surface area contributed by atoms with Gasteiger partial charge in [-0.2, -0.15) is 0 Å². The number of nitrogens with zero attached hydrogens (tertiary/aromatic N) is 1. The Labute approximate surface area is 138 Å². The monoisotopic (exact) mass is 317 g/mol. The number of hydrogen-bond acceptors (Lipinski definition) is 3. The SMILES string of the molecule is CCN1CCCCC1CNC(=O)Cc1ccc(NC(C)=O)cc1. The Kier molecular flexibility index (Phi) is 6.59. The van der Waals surface area contributed by atoms with Crippen LogP contribution >= 0.6 is 0 Å². The van der Waals surface area contributed by atoms with Crippen LogP contribution in [-0.2, 0) is 16.0 Å². The zero-order chi connectivity index (χ0) is 16.7. The lowest BCUT2D eigenvalue weighted by atomic mass is 10.0. The third-order valence-electron chi connectivity index (χ3n) is 4.33. The summed E-state index contributed by atoms with van der Waals surface area (Å²) >= 11 is 0. The standard InChI is InChI=1S/C18H27N3O2/c1-3-21-11-5-4-6-17(21)13-19-18(23)12-15-7-9-16(10-8-15)20-14(2)22/h7-10,17H,3-6,11-13H2,1-2H3,(H,19,23)(H,20,22). The second-order valence-corrected chi connectivity index (χ2v) is 6.14. The van der Waals surface area contributed by atoms with Crippen molar-refractivity contribution in [2.75, 3.05) is 25.0 Å². The number of amides is 2. The molecule has 1 unspecified atom stereocenters. The molecule has 0 radical (unpaired) electrons. The van der Waals surface area contributed by atoms with Crippen molar-refractivity contribution in [2.24, 2.45) is 0 Å². The summed E-state index contributed by atoms with van der Waals surface area (Å²) in [5, 5.41) is 5.78. The summed E-state index contributed by atoms with van der Waals surface area (Å²) in [7, 11) is 0. The van der Waals surface area contributed by atoms with Crippen LogP contribution < -0.4 is 10.6 Å². The van der Waals surface area contributed by atoms with Crippen molar-refractivity contribution in [1.29, 1.82) is 0 Å². The van der Waals surface area contributed by atoms with E-state index in [0.29, 0.717) is 12.5 Å². The Balaban J connectivity index is 1.79. The second-order valence-electron chi connectivity index (χ2n) is 6.14. The number of hydrogen-bond donors (Lipinski definition) is 2. The molecule has 0 aromatic heterocycles. The lowest BCUT2D eigenvalue weighted by Gasteiger charge is -2.34. The predicted molar refractivity (Wildman–Crippen MR) is 92.3 cm³/mol. The van der Waals surface area contributed by atoms with E-state index in [4.69, 9.17) is 0 Å². The maximum Gasteiger partial charge on any atom is 0.224 e. The summed E-state index contributed by atoms with van der Waals surface area (Å²) in [6.07, 6.45) is 4.05. The summed E-state index contributed by atoms with van der Waals surface area (Å²) in [4.78, 5) is 25.5. The molecular weight excluding hydrogens is 290 g/mol. The van der Waals surface area contributed by atoms with E-state index in [9.17, 15) is 9.59 Å². The van der Waals surface area contributed by atoms with Crippen molar-refractivity contribution in [3.05, 3.63) is 29.8 Å². The topological polar surface area (TPSA) is 61.4 Å². The quantitative estimate of drug-likeness (QED) is 0.845. The lowest BCUT2D eigenvalue weighted by Crippen LogP contribution is -2.46. The van der Waals surface area contributed by atoms with Gasteiger partial charge in [-0.3, -0.25) is 14.5 Å². The second kappa shape index (κ2) is 8.67. The van der Waals surface area contributed by atoms with Crippen molar-refractivity contribution in [3.63, 3.8) is 0 Å². The van der Waals surface area contributed by atoms with E-state index in [1.807, 2.05) is 24.3 Å². The molecule has 23 heavy (non-hydrogen) atoms. The molecule has 1 aromatic carbocycles. The molecule has 1 aromatic rings. The van der Waals surface area contributed by atoms with Crippen LogP contribution in [0.5, 0.6) is 0 Å². The molecule has 2 N–H and O–H groups in total. The molecule has 1 aliphatic rings. The molecule has 0 spiro atoms. The average Bonchev–Trinajstić information content (AvgIpc) is 2.54. The first-order valence-electron chi connectivity index (χ1n) is 8.45. The van der Waals surface area contributed by atoms with Crippen LogP contribution in [-0.4, -0.2) is 42.4 Å². The maximum atomic E-state index is 12.1. The molecule has 1 saturated heterocycles. The molecule has 1 fully saturated rings. The van der Waals surface area contributed by atoms with Gasteiger partial charge in [-0.1, -0.05) is 25.5 Å². The first-order valence-corrected chi connectivity index (χ1v) is 8.45. The van der Waals surface area contributed by atoms with Crippen molar-refractivity contribution in [2.45, 2.75) is 45.6 Å². The molecule has 126 valence electrons. The van der Waals surface area contributed by atoms with E-state index in [1.54, 1.807) is 0 Å². The fourth-order valence-corrected chi connectivity index (χ4v) is 3.10. The van der Waals surface area contributed by atoms with Crippen molar-refractivity contribution in [3.8, 4) is 0 Å². The van der Waals surface area contributed by atoms with Gasteiger partial charge in [0.15, 0.2) is 0 Å². The van der Waals surface area contributed by atoms with Crippen molar-refractivity contribution >= 4 is 17.5 Å². The van der Waals surface area contributed by atoms with Gasteiger partial charge in [0.05, 0.1) is 6.42 Å². The molecule has 2 rings (SSSR count). The van der Waals surface area contributed by atoms with Crippen LogP contribution in [0.25, 0.3) is 0 Å². The number of benzene rings is 1. The molecule has 1 atom stereocenters. The molecule has 0 bridgehead atoms. The van der Waals surface area contributed by atoms with Crippen LogP contribution in [0.4, 0.5) is 5.69 Å². The van der Waals surface area contributed by atoms with Gasteiger partial charge in [-0.25, -0.2) is 0 Å². The summed E-state index contributed by atoms with van der Waals surface area (Å²) in [5.41, 5.74) is 1.70. The van der Waals surface area contributed by atoms with Crippen LogP contribution in [0.1, 0.15) is 38.7 Å². The highest BCUT2D eigenvalue weighted by Crippen LogP contribution is 2.16. The Morgan fingerprint density at radius 1 is 1.22 bits per heavy atom. The van der Waals surface area contributed by atoms with Gasteiger partial charge in [-0.05, 0) is 43.6 Å². The van der Waals surface area contributed by atoms with Crippen LogP contribution in [0.2, 0.25) is 0 Å². The van der Waals surface area contributed by atoms with Crippen molar-refractivity contribution < 1.29 is 9.59 Å². The van der Waals surface area contributed by atoms with E-state index >= 15 is 0 Å². The van der Waals surface area contributed by atoms with E-state index in [2.05, 4.69) is 22.5 Å². The molecule has 0 aliphatic carbocycles. The summed E-state index contributed by atoms with van der Waals surface area (Å²) < 4.78 is 0. The third kappa shape index (κ3) is 5.67. The van der Waals surface area contributed by atoms with Crippen LogP contribution in [0.3, 0.4) is 0 Å². The van der Waals surface area contributed by atoms with Gasteiger partial charge >= 0.3 is 0 Å². The molecule has 5 nitrogen and oxygen atoms in total. The van der Waals surface area contributed by atoms with Gasteiger partial charge in [0.25, 0.3) is 0 Å². The summed E-state index contributed by atoms with van der Waals surface area (Å²) in [6, 6.07) is 7.88. The Hall–Kier alpha value is -1.88. The van der Waals surface area contributed by atoms with Gasteiger partial charge in [0, 0.05) is 25.2 Å². The zero-order valence-corrected chi connectivity index (χ0v) is 14.1. The molecule has 1 heterocycles. The minimum absolute atomic E-state index is 0.0545. The van der Waals surface area contributed by atoms with Gasteiger partial charge in [0.2, 0.25) is 11.8 Å². The van der Waals surface area contributed by atoms with Crippen molar-refractivity contribution in [1.82, 2.24) is 10.2 Å². The number of carbonyl (C=O) groups excluding carboxylic acids is 2. The van der Waals surface area contributed by atoms with Gasteiger partial charge < -0.3 is 10.6 Å². The lowest BCUT2D eigenvalue weighted by molar-refractivity contribution is -0.120. The highest BCUT2D eigenvalue weighted by Gasteiger charge is 2.21. The van der Waals surface area contributed by atoms with E-state index in [-0.39, 0.29) is 11.8 Å². The first kappa shape index (κ1) is 17.5. The fourth-order valence-electron chi connectivity index (χ4n) is 3.10. The number of likely N-dealkylation sites (tertiary alicyclic amines) is 1.